The molecule has 0 atom stereocenters. The fourth-order valence-electron chi connectivity index (χ4n) is 2.18. The van der Waals surface area contributed by atoms with Crippen molar-refractivity contribution >= 4 is 46.1 Å². The average Bonchev–Trinajstić information content (AvgIpc) is 3.01. The predicted octanol–water partition coefficient (Wildman–Crippen LogP) is 4.23. The SMILES string of the molecule is COc1ccc(NC(=O)CSc2nc3ccc(Cl)cc3o2)cc1OC. The fraction of sp³-hybridized carbons (Fsp3) is 0.176. The Balaban J connectivity index is 1.62. The lowest BCUT2D eigenvalue weighted by molar-refractivity contribution is -0.113. The highest BCUT2D eigenvalue weighted by Crippen LogP contribution is 2.30. The lowest BCUT2D eigenvalue weighted by Gasteiger charge is -2.10. The molecule has 1 heterocycles. The largest absolute Gasteiger partial charge is 0.493 e. The van der Waals surface area contributed by atoms with Gasteiger partial charge in [-0.25, -0.2) is 4.98 Å². The summed E-state index contributed by atoms with van der Waals surface area (Å²) in [6.07, 6.45) is 0. The van der Waals surface area contributed by atoms with E-state index >= 15 is 0 Å². The molecule has 130 valence electrons. The van der Waals surface area contributed by atoms with Gasteiger partial charge in [-0.15, -0.1) is 0 Å². The summed E-state index contributed by atoms with van der Waals surface area (Å²) < 4.78 is 15.9. The molecule has 0 bridgehead atoms. The van der Waals surface area contributed by atoms with Gasteiger partial charge in [-0.05, 0) is 24.3 Å². The molecule has 0 aliphatic carbocycles. The number of ether oxygens (including phenoxy) is 2. The molecule has 8 heteroatoms. The number of oxazole rings is 1. The number of rotatable bonds is 6. The Morgan fingerprint density at radius 2 is 2.00 bits per heavy atom. The first-order valence-electron chi connectivity index (χ1n) is 7.30. The smallest absolute Gasteiger partial charge is 0.257 e. The Bertz CT molecular complexity index is 913. The molecule has 0 spiro atoms. The van der Waals surface area contributed by atoms with Crippen LogP contribution in [0.25, 0.3) is 11.1 Å². The topological polar surface area (TPSA) is 73.6 Å². The number of hydrogen-bond acceptors (Lipinski definition) is 6. The van der Waals surface area contributed by atoms with Crippen molar-refractivity contribution in [3.63, 3.8) is 0 Å². The molecule has 0 radical (unpaired) electrons. The van der Waals surface area contributed by atoms with Crippen molar-refractivity contribution in [1.82, 2.24) is 4.98 Å². The van der Waals surface area contributed by atoms with E-state index in [1.54, 1.807) is 50.6 Å². The number of carbonyl (C=O) groups is 1. The number of nitrogens with one attached hydrogen (secondary N) is 1. The van der Waals surface area contributed by atoms with Gasteiger partial charge in [-0.1, -0.05) is 23.4 Å². The molecular weight excluding hydrogens is 364 g/mol. The molecule has 6 nitrogen and oxygen atoms in total. The van der Waals surface area contributed by atoms with Gasteiger partial charge in [0.2, 0.25) is 5.91 Å². The minimum atomic E-state index is -0.183. The van der Waals surface area contributed by atoms with Crippen molar-refractivity contribution < 1.29 is 18.7 Å². The van der Waals surface area contributed by atoms with E-state index in [-0.39, 0.29) is 11.7 Å². The van der Waals surface area contributed by atoms with Gasteiger partial charge in [0.15, 0.2) is 17.1 Å². The fourth-order valence-corrected chi connectivity index (χ4v) is 2.98. The van der Waals surface area contributed by atoms with Crippen molar-refractivity contribution in [3.8, 4) is 11.5 Å². The van der Waals surface area contributed by atoms with Gasteiger partial charge in [-0.2, -0.15) is 0 Å². The molecule has 0 aliphatic heterocycles. The third-order valence-corrected chi connectivity index (χ3v) is 4.39. The zero-order valence-corrected chi connectivity index (χ0v) is 15.1. The van der Waals surface area contributed by atoms with Gasteiger partial charge >= 0.3 is 0 Å². The van der Waals surface area contributed by atoms with Crippen LogP contribution in [0.4, 0.5) is 5.69 Å². The minimum absolute atomic E-state index is 0.162. The lowest BCUT2D eigenvalue weighted by Crippen LogP contribution is -2.14. The number of thioether (sulfide) groups is 1. The molecule has 1 N–H and O–H groups in total. The lowest BCUT2D eigenvalue weighted by atomic mass is 10.2. The number of aromatic nitrogens is 1. The summed E-state index contributed by atoms with van der Waals surface area (Å²) in [5.74, 6) is 1.12. The Kier molecular flexibility index (Phi) is 5.35. The molecule has 0 unspecified atom stereocenters. The number of amides is 1. The summed E-state index contributed by atoms with van der Waals surface area (Å²) in [5.41, 5.74) is 1.91. The molecule has 25 heavy (non-hydrogen) atoms. The van der Waals surface area contributed by atoms with Gasteiger partial charge in [0.25, 0.3) is 5.22 Å². The zero-order valence-electron chi connectivity index (χ0n) is 13.5. The Hall–Kier alpha value is -2.38. The number of carbonyl (C=O) groups excluding carboxylic acids is 1. The number of benzene rings is 2. The van der Waals surface area contributed by atoms with Crippen molar-refractivity contribution in [1.29, 1.82) is 0 Å². The maximum absolute atomic E-state index is 12.1. The number of hydrogen-bond donors (Lipinski definition) is 1. The second kappa shape index (κ2) is 7.67. The van der Waals surface area contributed by atoms with Gasteiger partial charge in [0, 0.05) is 22.8 Å². The number of nitrogens with zero attached hydrogens (tertiary/aromatic N) is 1. The summed E-state index contributed by atoms with van der Waals surface area (Å²) in [6.45, 7) is 0. The highest BCUT2D eigenvalue weighted by atomic mass is 35.5. The van der Waals surface area contributed by atoms with Crippen LogP contribution >= 0.6 is 23.4 Å². The molecule has 0 saturated heterocycles. The monoisotopic (exact) mass is 378 g/mol. The quantitative estimate of drug-likeness (QED) is 0.647. The van der Waals surface area contributed by atoms with Crippen LogP contribution in [-0.2, 0) is 4.79 Å². The Labute approximate surface area is 153 Å². The molecule has 0 aliphatic rings. The second-order valence-electron chi connectivity index (χ2n) is 5.00. The molecule has 2 aromatic carbocycles. The van der Waals surface area contributed by atoms with Crippen LogP contribution in [0.5, 0.6) is 11.5 Å². The van der Waals surface area contributed by atoms with Crippen LogP contribution in [0.2, 0.25) is 5.02 Å². The van der Waals surface area contributed by atoms with Gasteiger partial charge in [0.05, 0.1) is 20.0 Å². The third kappa shape index (κ3) is 4.18. The third-order valence-electron chi connectivity index (χ3n) is 3.32. The van der Waals surface area contributed by atoms with E-state index in [4.69, 9.17) is 25.5 Å². The second-order valence-corrected chi connectivity index (χ2v) is 6.36. The highest BCUT2D eigenvalue weighted by Gasteiger charge is 2.11. The van der Waals surface area contributed by atoms with Crippen molar-refractivity contribution in [2.75, 3.05) is 25.3 Å². The zero-order chi connectivity index (χ0) is 17.8. The summed E-state index contributed by atoms with van der Waals surface area (Å²) in [7, 11) is 3.10. The first-order valence-corrected chi connectivity index (χ1v) is 8.66. The van der Waals surface area contributed by atoms with Crippen LogP contribution in [0.15, 0.2) is 46.0 Å². The number of methoxy groups -OCH3 is 2. The highest BCUT2D eigenvalue weighted by molar-refractivity contribution is 7.99. The Morgan fingerprint density at radius 1 is 1.20 bits per heavy atom. The van der Waals surface area contributed by atoms with E-state index in [1.807, 2.05) is 0 Å². The molecule has 3 aromatic rings. The maximum Gasteiger partial charge on any atom is 0.257 e. The van der Waals surface area contributed by atoms with Crippen LogP contribution in [0.1, 0.15) is 0 Å². The standard InChI is InChI=1S/C17H15ClN2O4S/c1-22-13-6-4-11(8-15(13)23-2)19-16(21)9-25-17-20-12-5-3-10(18)7-14(12)24-17/h3-8H,9H2,1-2H3,(H,19,21). The van der Waals surface area contributed by atoms with Gasteiger partial charge < -0.3 is 19.2 Å². The summed E-state index contributed by atoms with van der Waals surface area (Å²) in [5, 5.41) is 3.79. The summed E-state index contributed by atoms with van der Waals surface area (Å²) >= 11 is 7.12. The molecule has 1 amide bonds. The van der Waals surface area contributed by atoms with Crippen molar-refractivity contribution in [2.24, 2.45) is 0 Å². The Morgan fingerprint density at radius 3 is 2.76 bits per heavy atom. The van der Waals surface area contributed by atoms with E-state index in [0.29, 0.717) is 38.5 Å². The first kappa shape index (κ1) is 17.4. The minimum Gasteiger partial charge on any atom is -0.493 e. The van der Waals surface area contributed by atoms with E-state index in [9.17, 15) is 4.79 Å². The molecule has 0 saturated carbocycles. The summed E-state index contributed by atoms with van der Waals surface area (Å²) in [6, 6.07) is 10.4. The maximum atomic E-state index is 12.1. The van der Waals surface area contributed by atoms with Crippen LogP contribution in [0.3, 0.4) is 0 Å². The van der Waals surface area contributed by atoms with E-state index in [2.05, 4.69) is 10.3 Å². The van der Waals surface area contributed by atoms with Gasteiger partial charge in [-0.3, -0.25) is 4.79 Å². The summed E-state index contributed by atoms with van der Waals surface area (Å²) in [4.78, 5) is 16.4. The van der Waals surface area contributed by atoms with Crippen LogP contribution < -0.4 is 14.8 Å². The van der Waals surface area contributed by atoms with E-state index in [1.165, 1.54) is 11.8 Å². The average molecular weight is 379 g/mol. The molecule has 3 rings (SSSR count). The predicted molar refractivity (Wildman–Crippen MR) is 97.9 cm³/mol. The van der Waals surface area contributed by atoms with E-state index < -0.39 is 0 Å². The van der Waals surface area contributed by atoms with Gasteiger partial charge in [0.1, 0.15) is 5.52 Å². The molecule has 0 fully saturated rings. The first-order chi connectivity index (χ1) is 12.1. The van der Waals surface area contributed by atoms with Crippen molar-refractivity contribution in [3.05, 3.63) is 41.4 Å². The van der Waals surface area contributed by atoms with Crippen LogP contribution in [0, 0.1) is 0 Å². The van der Waals surface area contributed by atoms with Crippen molar-refractivity contribution in [2.45, 2.75) is 5.22 Å². The normalized spacial score (nSPS) is 10.7. The number of anilines is 1. The number of halogens is 1. The molecular formula is C17H15ClN2O4S. The number of fused-ring (bicyclic) bond motifs is 1. The molecule has 1 aromatic heterocycles. The van der Waals surface area contributed by atoms with Crippen LogP contribution in [-0.4, -0.2) is 30.9 Å². The van der Waals surface area contributed by atoms with E-state index in [0.717, 1.165) is 0 Å².